The van der Waals surface area contributed by atoms with Gasteiger partial charge in [-0.2, -0.15) is 4.31 Å². The molecule has 0 radical (unpaired) electrons. The summed E-state index contributed by atoms with van der Waals surface area (Å²) >= 11 is 0. The number of nitrogens with zero attached hydrogens (tertiary/aromatic N) is 1. The lowest BCUT2D eigenvalue weighted by Crippen LogP contribution is -2.47. The Balaban J connectivity index is 2.00. The molecule has 20 heavy (non-hydrogen) atoms. The molecule has 0 bridgehead atoms. The van der Waals surface area contributed by atoms with Gasteiger partial charge in [-0.3, -0.25) is 0 Å². The Morgan fingerprint density at radius 1 is 1.35 bits per heavy atom. The molecule has 0 saturated carbocycles. The molecule has 1 N–H and O–H groups in total. The van der Waals surface area contributed by atoms with Crippen LogP contribution in [0.4, 0.5) is 4.39 Å². The van der Waals surface area contributed by atoms with E-state index in [1.165, 1.54) is 18.2 Å². The monoisotopic (exact) mass is 298 g/mol. The summed E-state index contributed by atoms with van der Waals surface area (Å²) in [6.07, 6.45) is 0. The van der Waals surface area contributed by atoms with Crippen molar-refractivity contribution < 1.29 is 12.8 Å². The molecule has 2 aliphatic rings. The summed E-state index contributed by atoms with van der Waals surface area (Å²) in [6, 6.07) is 5.25. The summed E-state index contributed by atoms with van der Waals surface area (Å²) in [6.45, 7) is 6.11. The van der Waals surface area contributed by atoms with Crippen LogP contribution in [0.5, 0.6) is 0 Å². The summed E-state index contributed by atoms with van der Waals surface area (Å²) in [4.78, 5) is 0.0403. The summed E-state index contributed by atoms with van der Waals surface area (Å²) in [5.41, 5.74) is -0.445. The number of sulfonamides is 1. The smallest absolute Gasteiger partial charge is 0.243 e. The third-order valence-electron chi connectivity index (χ3n) is 4.67. The van der Waals surface area contributed by atoms with Gasteiger partial charge in [0.2, 0.25) is 10.0 Å². The second-order valence-corrected chi connectivity index (χ2v) is 8.03. The maximum absolute atomic E-state index is 13.3. The highest BCUT2D eigenvalue weighted by Gasteiger charge is 2.54. The fourth-order valence-corrected chi connectivity index (χ4v) is 5.46. The number of nitrogens with one attached hydrogen (secondary N) is 1. The van der Waals surface area contributed by atoms with Gasteiger partial charge < -0.3 is 5.32 Å². The van der Waals surface area contributed by atoms with Crippen LogP contribution in [-0.4, -0.2) is 37.9 Å². The van der Waals surface area contributed by atoms with Crippen LogP contribution in [-0.2, 0) is 10.0 Å². The third-order valence-corrected chi connectivity index (χ3v) is 6.72. The highest BCUT2D eigenvalue weighted by atomic mass is 32.2. The van der Waals surface area contributed by atoms with Gasteiger partial charge in [-0.15, -0.1) is 0 Å². The number of halogens is 1. The first-order valence-corrected chi connectivity index (χ1v) is 8.26. The number of rotatable bonds is 2. The van der Waals surface area contributed by atoms with E-state index < -0.39 is 21.4 Å². The van der Waals surface area contributed by atoms with Gasteiger partial charge in [-0.25, -0.2) is 12.8 Å². The molecule has 2 saturated heterocycles. The van der Waals surface area contributed by atoms with Crippen molar-refractivity contribution in [2.45, 2.75) is 24.3 Å². The van der Waals surface area contributed by atoms with Crippen LogP contribution < -0.4 is 5.32 Å². The molecule has 4 nitrogen and oxygen atoms in total. The Morgan fingerprint density at radius 2 is 2.10 bits per heavy atom. The molecule has 3 rings (SSSR count). The number of hydrogen-bond acceptors (Lipinski definition) is 3. The highest BCUT2D eigenvalue weighted by Crippen LogP contribution is 2.43. The van der Waals surface area contributed by atoms with Crippen LogP contribution in [0, 0.1) is 17.7 Å². The largest absolute Gasteiger partial charge is 0.316 e. The average Bonchev–Trinajstić information content (AvgIpc) is 2.92. The molecule has 2 fully saturated rings. The van der Waals surface area contributed by atoms with E-state index in [9.17, 15) is 12.8 Å². The lowest BCUT2D eigenvalue weighted by atomic mass is 9.85. The van der Waals surface area contributed by atoms with Gasteiger partial charge in [0.05, 0.1) is 4.90 Å². The Morgan fingerprint density at radius 3 is 2.75 bits per heavy atom. The maximum Gasteiger partial charge on any atom is 0.243 e. The molecule has 2 heterocycles. The third kappa shape index (κ3) is 1.98. The van der Waals surface area contributed by atoms with E-state index in [1.807, 2.05) is 13.8 Å². The van der Waals surface area contributed by atoms with E-state index >= 15 is 0 Å². The molecule has 2 aliphatic heterocycles. The quantitative estimate of drug-likeness (QED) is 0.899. The highest BCUT2D eigenvalue weighted by molar-refractivity contribution is 7.89. The second kappa shape index (κ2) is 4.51. The van der Waals surface area contributed by atoms with Crippen LogP contribution in [0.2, 0.25) is 0 Å². The van der Waals surface area contributed by atoms with Crippen LogP contribution in [0.1, 0.15) is 13.8 Å². The Kier molecular flexibility index (Phi) is 3.15. The van der Waals surface area contributed by atoms with Gasteiger partial charge in [-0.1, -0.05) is 6.07 Å². The average molecular weight is 298 g/mol. The predicted molar refractivity (Wildman–Crippen MR) is 74.2 cm³/mol. The lowest BCUT2D eigenvalue weighted by molar-refractivity contribution is 0.233. The Labute approximate surface area is 119 Å². The van der Waals surface area contributed by atoms with Crippen LogP contribution in [0.3, 0.4) is 0 Å². The van der Waals surface area contributed by atoms with Crippen molar-refractivity contribution in [3.8, 4) is 0 Å². The summed E-state index contributed by atoms with van der Waals surface area (Å²) < 4.78 is 40.4. The van der Waals surface area contributed by atoms with E-state index in [-0.39, 0.29) is 4.90 Å². The zero-order chi connectivity index (χ0) is 14.5. The molecule has 2 atom stereocenters. The molecule has 1 aromatic rings. The molecule has 0 amide bonds. The van der Waals surface area contributed by atoms with Crippen LogP contribution in [0.15, 0.2) is 29.2 Å². The molecule has 0 aliphatic carbocycles. The minimum atomic E-state index is -3.65. The van der Waals surface area contributed by atoms with Gasteiger partial charge in [0.25, 0.3) is 0 Å². The first kappa shape index (κ1) is 14.0. The fraction of sp³-hybridized carbons (Fsp3) is 0.571. The Bertz CT molecular complexity index is 630. The lowest BCUT2D eigenvalue weighted by Gasteiger charge is -2.34. The van der Waals surface area contributed by atoms with Crippen molar-refractivity contribution in [3.05, 3.63) is 30.1 Å². The molecule has 2 unspecified atom stereocenters. The molecule has 0 spiro atoms. The maximum atomic E-state index is 13.3. The van der Waals surface area contributed by atoms with Crippen LogP contribution >= 0.6 is 0 Å². The summed E-state index contributed by atoms with van der Waals surface area (Å²) in [5.74, 6) is 0.129. The van der Waals surface area contributed by atoms with E-state index in [0.717, 1.165) is 19.2 Å². The molecule has 1 aromatic carbocycles. The minimum Gasteiger partial charge on any atom is -0.316 e. The first-order valence-electron chi connectivity index (χ1n) is 6.82. The van der Waals surface area contributed by atoms with Gasteiger partial charge >= 0.3 is 0 Å². The zero-order valence-electron chi connectivity index (χ0n) is 11.6. The predicted octanol–water partition coefficient (Wildman–Crippen LogP) is 1.44. The van der Waals surface area contributed by atoms with Crippen LogP contribution in [0.25, 0.3) is 0 Å². The van der Waals surface area contributed by atoms with E-state index in [0.29, 0.717) is 18.4 Å². The SMILES string of the molecule is CC1(C)C2CNCC2CN1S(=O)(=O)c1cccc(F)c1. The van der Waals surface area contributed by atoms with E-state index in [2.05, 4.69) is 5.32 Å². The van der Waals surface area contributed by atoms with Gasteiger partial charge in [0, 0.05) is 18.6 Å². The second-order valence-electron chi connectivity index (χ2n) is 6.17. The standard InChI is InChI=1S/C14H19FN2O2S/c1-14(2)13-8-16-7-10(13)9-17(14)20(18,19)12-5-3-4-11(15)6-12/h3-6,10,13,16H,7-9H2,1-2H3. The van der Waals surface area contributed by atoms with Gasteiger partial charge in [0.1, 0.15) is 5.82 Å². The fourth-order valence-electron chi connectivity index (χ4n) is 3.55. The molecule has 6 heteroatoms. The molecule has 0 aromatic heterocycles. The normalized spacial score (nSPS) is 29.6. The van der Waals surface area contributed by atoms with Crippen molar-refractivity contribution in [2.24, 2.45) is 11.8 Å². The first-order chi connectivity index (χ1) is 9.33. The van der Waals surface area contributed by atoms with Crippen molar-refractivity contribution in [1.82, 2.24) is 9.62 Å². The van der Waals surface area contributed by atoms with Gasteiger partial charge in [0.15, 0.2) is 0 Å². The van der Waals surface area contributed by atoms with E-state index in [4.69, 9.17) is 0 Å². The van der Waals surface area contributed by atoms with Crippen molar-refractivity contribution in [2.75, 3.05) is 19.6 Å². The number of benzene rings is 1. The Hall–Kier alpha value is -0.980. The summed E-state index contributed by atoms with van der Waals surface area (Å²) in [7, 11) is -3.65. The zero-order valence-corrected chi connectivity index (χ0v) is 12.5. The van der Waals surface area contributed by atoms with E-state index in [1.54, 1.807) is 4.31 Å². The molecular formula is C14H19FN2O2S. The van der Waals surface area contributed by atoms with Crippen molar-refractivity contribution in [1.29, 1.82) is 0 Å². The molecular weight excluding hydrogens is 279 g/mol. The number of fused-ring (bicyclic) bond motifs is 1. The van der Waals surface area contributed by atoms with Gasteiger partial charge in [-0.05, 0) is 50.4 Å². The number of hydrogen-bond donors (Lipinski definition) is 1. The summed E-state index contributed by atoms with van der Waals surface area (Å²) in [5, 5.41) is 3.32. The minimum absolute atomic E-state index is 0.0403. The topological polar surface area (TPSA) is 49.4 Å². The van der Waals surface area contributed by atoms with Crippen molar-refractivity contribution in [3.63, 3.8) is 0 Å². The van der Waals surface area contributed by atoms with Crippen molar-refractivity contribution >= 4 is 10.0 Å². The molecule has 110 valence electrons.